The molecule has 0 bridgehead atoms. The van der Waals surface area contributed by atoms with Crippen LogP contribution in [0.3, 0.4) is 0 Å². The quantitative estimate of drug-likeness (QED) is 0.637. The minimum absolute atomic E-state index is 0.0455. The van der Waals surface area contributed by atoms with Gasteiger partial charge in [0.1, 0.15) is 0 Å². The smallest absolute Gasteiger partial charge is 0.335 e. The standard InChI is InChI=1S/C27H33N3O3/c1-3-33-30(19(2)20-10-5-4-6-11-20)27(32)29-16-9-14-23-25(29)18-24-22-13-8-7-12-21(22)15-17-28(24)26(23)31/h4-8,10-13,19,23-25H,3,9,14-18H2,1-2H3/t19-,23?,24?,25?/m1/s1. The van der Waals surface area contributed by atoms with Crippen LogP contribution in [-0.2, 0) is 16.1 Å². The van der Waals surface area contributed by atoms with Crippen LogP contribution in [0.25, 0.3) is 0 Å². The molecule has 3 unspecified atom stereocenters. The number of rotatable bonds is 4. The second kappa shape index (κ2) is 9.18. The highest BCUT2D eigenvalue weighted by atomic mass is 16.7. The molecule has 0 N–H and O–H groups in total. The number of nitrogens with zero attached hydrogens (tertiary/aromatic N) is 3. The highest BCUT2D eigenvalue weighted by molar-refractivity contribution is 5.83. The van der Waals surface area contributed by atoms with Crippen molar-refractivity contribution in [2.24, 2.45) is 5.92 Å². The Morgan fingerprint density at radius 1 is 1.12 bits per heavy atom. The first-order chi connectivity index (χ1) is 16.1. The maximum Gasteiger partial charge on any atom is 0.344 e. The fourth-order valence-corrected chi connectivity index (χ4v) is 5.95. The van der Waals surface area contributed by atoms with Gasteiger partial charge in [0.2, 0.25) is 5.91 Å². The zero-order valence-electron chi connectivity index (χ0n) is 19.5. The molecule has 3 aliphatic rings. The average molecular weight is 448 g/mol. The van der Waals surface area contributed by atoms with Crippen molar-refractivity contribution in [2.45, 2.75) is 57.7 Å². The molecule has 0 spiro atoms. The lowest BCUT2D eigenvalue weighted by Gasteiger charge is -2.52. The number of carbonyl (C=O) groups is 2. The van der Waals surface area contributed by atoms with E-state index in [0.717, 1.165) is 37.8 Å². The number of hydrogen-bond donors (Lipinski definition) is 0. The fourth-order valence-electron chi connectivity index (χ4n) is 5.95. The van der Waals surface area contributed by atoms with E-state index in [0.29, 0.717) is 13.2 Å². The van der Waals surface area contributed by atoms with Crippen LogP contribution < -0.4 is 0 Å². The summed E-state index contributed by atoms with van der Waals surface area (Å²) in [7, 11) is 0. The van der Waals surface area contributed by atoms with E-state index in [9.17, 15) is 9.59 Å². The molecule has 4 atom stereocenters. The third-order valence-electron chi connectivity index (χ3n) is 7.59. The van der Waals surface area contributed by atoms with Crippen LogP contribution in [0.1, 0.15) is 61.9 Å². The maximum absolute atomic E-state index is 13.9. The molecule has 33 heavy (non-hydrogen) atoms. The van der Waals surface area contributed by atoms with Gasteiger partial charge in [-0.3, -0.25) is 9.63 Å². The highest BCUT2D eigenvalue weighted by Gasteiger charge is 2.49. The number of hydroxylamine groups is 2. The fraction of sp³-hybridized carbons (Fsp3) is 0.481. The van der Waals surface area contributed by atoms with Crippen LogP contribution in [-0.4, -0.2) is 52.5 Å². The van der Waals surface area contributed by atoms with E-state index in [1.54, 1.807) is 0 Å². The molecule has 174 valence electrons. The molecule has 2 aromatic carbocycles. The van der Waals surface area contributed by atoms with Gasteiger partial charge in [-0.25, -0.2) is 4.79 Å². The molecule has 0 aliphatic carbocycles. The summed E-state index contributed by atoms with van der Waals surface area (Å²) in [6.07, 6.45) is 3.39. The first-order valence-electron chi connectivity index (χ1n) is 12.3. The van der Waals surface area contributed by atoms with E-state index in [1.807, 2.05) is 49.1 Å². The summed E-state index contributed by atoms with van der Waals surface area (Å²) in [5.74, 6) is 0.0852. The van der Waals surface area contributed by atoms with Gasteiger partial charge < -0.3 is 9.80 Å². The van der Waals surface area contributed by atoms with E-state index in [1.165, 1.54) is 16.2 Å². The Bertz CT molecular complexity index is 1010. The average Bonchev–Trinajstić information content (AvgIpc) is 2.87. The van der Waals surface area contributed by atoms with Crippen molar-refractivity contribution in [3.8, 4) is 0 Å². The van der Waals surface area contributed by atoms with Gasteiger partial charge in [0.05, 0.1) is 24.6 Å². The molecule has 6 heteroatoms. The normalized spacial score (nSPS) is 25.0. The second-order valence-electron chi connectivity index (χ2n) is 9.35. The third kappa shape index (κ3) is 3.90. The molecule has 3 heterocycles. The topological polar surface area (TPSA) is 53.1 Å². The van der Waals surface area contributed by atoms with Crippen molar-refractivity contribution in [1.29, 1.82) is 0 Å². The Morgan fingerprint density at radius 3 is 2.67 bits per heavy atom. The van der Waals surface area contributed by atoms with Crippen molar-refractivity contribution in [3.63, 3.8) is 0 Å². The van der Waals surface area contributed by atoms with Gasteiger partial charge in [-0.2, -0.15) is 5.06 Å². The molecule has 0 aromatic heterocycles. The summed E-state index contributed by atoms with van der Waals surface area (Å²) in [5.41, 5.74) is 3.60. The van der Waals surface area contributed by atoms with E-state index < -0.39 is 0 Å². The van der Waals surface area contributed by atoms with Gasteiger partial charge in [-0.05, 0) is 56.2 Å². The van der Waals surface area contributed by atoms with E-state index in [4.69, 9.17) is 4.84 Å². The lowest BCUT2D eigenvalue weighted by atomic mass is 9.76. The summed E-state index contributed by atoms with van der Waals surface area (Å²) in [6.45, 7) is 5.74. The number of carbonyl (C=O) groups excluding carboxylic acids is 2. The van der Waals surface area contributed by atoms with Gasteiger partial charge in [0, 0.05) is 19.1 Å². The largest absolute Gasteiger partial charge is 0.344 e. The highest BCUT2D eigenvalue weighted by Crippen LogP contribution is 2.44. The van der Waals surface area contributed by atoms with Gasteiger partial charge >= 0.3 is 6.03 Å². The summed E-state index contributed by atoms with van der Waals surface area (Å²) in [5, 5.41) is 1.52. The predicted octanol–water partition coefficient (Wildman–Crippen LogP) is 4.73. The van der Waals surface area contributed by atoms with Crippen molar-refractivity contribution in [1.82, 2.24) is 14.9 Å². The Balaban J connectivity index is 1.44. The summed E-state index contributed by atoms with van der Waals surface area (Å²) in [4.78, 5) is 37.3. The number of amides is 3. The molecule has 2 fully saturated rings. The van der Waals surface area contributed by atoms with Crippen LogP contribution in [0, 0.1) is 5.92 Å². The van der Waals surface area contributed by atoms with Gasteiger partial charge in [0.15, 0.2) is 0 Å². The minimum Gasteiger partial charge on any atom is -0.335 e. The van der Waals surface area contributed by atoms with Crippen molar-refractivity contribution < 1.29 is 14.4 Å². The van der Waals surface area contributed by atoms with Gasteiger partial charge in [-0.15, -0.1) is 0 Å². The number of hydrogen-bond acceptors (Lipinski definition) is 3. The first kappa shape index (κ1) is 22.0. The molecule has 0 saturated carbocycles. The number of likely N-dealkylation sites (tertiary alicyclic amines) is 1. The Morgan fingerprint density at radius 2 is 1.88 bits per heavy atom. The second-order valence-corrected chi connectivity index (χ2v) is 9.35. The Hall–Kier alpha value is -2.86. The molecule has 5 rings (SSSR count). The van der Waals surface area contributed by atoms with Crippen LogP contribution in [0.2, 0.25) is 0 Å². The molecule has 2 aromatic rings. The molecular formula is C27H33N3O3. The van der Waals surface area contributed by atoms with Crippen molar-refractivity contribution in [2.75, 3.05) is 19.7 Å². The van der Waals surface area contributed by atoms with Gasteiger partial charge in [-0.1, -0.05) is 54.6 Å². The SMILES string of the molecule is CCON(C(=O)N1CCCC2C(=O)N3CCc4ccccc4C3CC21)[C@H](C)c1ccccc1. The lowest BCUT2D eigenvalue weighted by Crippen LogP contribution is -2.61. The molecular weight excluding hydrogens is 414 g/mol. The first-order valence-corrected chi connectivity index (χ1v) is 12.3. The number of fused-ring (bicyclic) bond motifs is 4. The van der Waals surface area contributed by atoms with Crippen LogP contribution in [0.15, 0.2) is 54.6 Å². The lowest BCUT2D eigenvalue weighted by molar-refractivity contribution is -0.160. The number of benzene rings is 2. The molecule has 3 amide bonds. The van der Waals surface area contributed by atoms with Crippen LogP contribution in [0.4, 0.5) is 4.79 Å². The van der Waals surface area contributed by atoms with Crippen molar-refractivity contribution in [3.05, 3.63) is 71.3 Å². The Labute approximate surface area is 196 Å². The predicted molar refractivity (Wildman–Crippen MR) is 126 cm³/mol. The van der Waals surface area contributed by atoms with Crippen molar-refractivity contribution >= 4 is 11.9 Å². The summed E-state index contributed by atoms with van der Waals surface area (Å²) < 4.78 is 0. The Kier molecular flexibility index (Phi) is 6.11. The molecule has 6 nitrogen and oxygen atoms in total. The summed E-state index contributed by atoms with van der Waals surface area (Å²) in [6, 6.07) is 18.0. The summed E-state index contributed by atoms with van der Waals surface area (Å²) >= 11 is 0. The van der Waals surface area contributed by atoms with Crippen LogP contribution >= 0.6 is 0 Å². The van der Waals surface area contributed by atoms with E-state index in [-0.39, 0.29) is 36.0 Å². The molecule has 0 radical (unpaired) electrons. The molecule has 2 saturated heterocycles. The number of urea groups is 1. The molecule has 3 aliphatic heterocycles. The zero-order chi connectivity index (χ0) is 22.9. The van der Waals surface area contributed by atoms with Gasteiger partial charge in [0.25, 0.3) is 0 Å². The zero-order valence-corrected chi connectivity index (χ0v) is 19.5. The number of piperidine rings is 2. The minimum atomic E-state index is -0.217. The van der Waals surface area contributed by atoms with E-state index in [2.05, 4.69) is 29.2 Å². The third-order valence-corrected chi connectivity index (χ3v) is 7.59. The maximum atomic E-state index is 13.9. The van der Waals surface area contributed by atoms with Crippen LogP contribution in [0.5, 0.6) is 0 Å². The van der Waals surface area contributed by atoms with E-state index >= 15 is 0 Å². The monoisotopic (exact) mass is 447 g/mol.